The van der Waals surface area contributed by atoms with Gasteiger partial charge in [-0.1, -0.05) is 6.92 Å². The average molecular weight is 421 g/mol. The van der Waals surface area contributed by atoms with Crippen LogP contribution in [0.3, 0.4) is 0 Å². The molecule has 0 aliphatic heterocycles. The minimum absolute atomic E-state index is 0.328. The van der Waals surface area contributed by atoms with Gasteiger partial charge in [-0.3, -0.25) is 4.68 Å². The molecule has 0 saturated carbocycles. The Bertz CT molecular complexity index is 577. The Morgan fingerprint density at radius 1 is 1.35 bits per heavy atom. The molecule has 0 amide bonds. The van der Waals surface area contributed by atoms with Gasteiger partial charge in [-0.05, 0) is 64.4 Å². The Morgan fingerprint density at radius 3 is 2.65 bits per heavy atom. The Kier molecular flexibility index (Phi) is 5.84. The molecule has 1 unspecified atom stereocenters. The minimum atomic E-state index is 0.328. The van der Waals surface area contributed by atoms with E-state index in [0.717, 1.165) is 29.7 Å². The van der Waals surface area contributed by atoms with Crippen LogP contribution in [0.2, 0.25) is 0 Å². The van der Waals surface area contributed by atoms with Crippen molar-refractivity contribution in [1.82, 2.24) is 15.1 Å². The molecule has 0 radical (unpaired) electrons. The van der Waals surface area contributed by atoms with Crippen molar-refractivity contribution in [3.8, 4) is 0 Å². The molecule has 0 aliphatic rings. The van der Waals surface area contributed by atoms with Crippen LogP contribution in [-0.4, -0.2) is 16.3 Å². The molecule has 0 aromatic carbocycles. The minimum Gasteiger partial charge on any atom is -0.309 e. The smallest absolute Gasteiger partial charge is 0.0738 e. The molecule has 6 heteroatoms. The summed E-state index contributed by atoms with van der Waals surface area (Å²) in [4.78, 5) is 1.35. The molecule has 0 bridgehead atoms. The molecule has 0 spiro atoms. The van der Waals surface area contributed by atoms with E-state index in [1.165, 1.54) is 14.4 Å². The van der Waals surface area contributed by atoms with Crippen molar-refractivity contribution in [3.63, 3.8) is 0 Å². The summed E-state index contributed by atoms with van der Waals surface area (Å²) in [5.41, 5.74) is 2.32. The fraction of sp³-hybridized carbons (Fsp3) is 0.500. The maximum absolute atomic E-state index is 4.58. The SMILES string of the molecule is CCNC(Cc1c(Br)c(C)nn1CC)c1ccc(Br)s1. The molecule has 0 fully saturated rings. The van der Waals surface area contributed by atoms with Crippen molar-refractivity contribution in [3.05, 3.63) is 36.7 Å². The zero-order chi connectivity index (χ0) is 14.7. The van der Waals surface area contributed by atoms with Crippen LogP contribution in [0.4, 0.5) is 0 Å². The van der Waals surface area contributed by atoms with Crippen LogP contribution in [0.5, 0.6) is 0 Å². The molecule has 1 N–H and O–H groups in total. The van der Waals surface area contributed by atoms with Crippen LogP contribution in [-0.2, 0) is 13.0 Å². The van der Waals surface area contributed by atoms with E-state index < -0.39 is 0 Å². The molecule has 20 heavy (non-hydrogen) atoms. The first-order valence-electron chi connectivity index (χ1n) is 6.77. The van der Waals surface area contributed by atoms with Gasteiger partial charge in [-0.2, -0.15) is 5.10 Å². The summed E-state index contributed by atoms with van der Waals surface area (Å²) in [5, 5.41) is 8.15. The van der Waals surface area contributed by atoms with Crippen LogP contribution in [0.1, 0.15) is 36.2 Å². The van der Waals surface area contributed by atoms with Crippen molar-refractivity contribution in [2.45, 2.75) is 39.8 Å². The third-order valence-electron chi connectivity index (χ3n) is 3.24. The lowest BCUT2D eigenvalue weighted by atomic mass is 10.1. The van der Waals surface area contributed by atoms with Crippen molar-refractivity contribution < 1.29 is 0 Å². The Hall–Kier alpha value is -0.170. The Balaban J connectivity index is 2.28. The van der Waals surface area contributed by atoms with Gasteiger partial charge in [0.2, 0.25) is 0 Å². The lowest BCUT2D eigenvalue weighted by molar-refractivity contribution is 0.521. The molecular formula is C14H19Br2N3S. The predicted molar refractivity (Wildman–Crippen MR) is 92.5 cm³/mol. The zero-order valence-electron chi connectivity index (χ0n) is 11.9. The van der Waals surface area contributed by atoms with E-state index in [4.69, 9.17) is 0 Å². The highest BCUT2D eigenvalue weighted by molar-refractivity contribution is 9.11. The first-order chi connectivity index (χ1) is 9.56. The maximum atomic E-state index is 4.58. The van der Waals surface area contributed by atoms with Crippen LogP contribution in [0.25, 0.3) is 0 Å². The largest absolute Gasteiger partial charge is 0.309 e. The van der Waals surface area contributed by atoms with Gasteiger partial charge < -0.3 is 5.32 Å². The number of likely N-dealkylation sites (N-methyl/N-ethyl adjacent to an activating group) is 1. The standard InChI is InChI=1S/C14H19Br2N3S/c1-4-17-10(12-6-7-13(15)20-12)8-11-14(16)9(3)18-19(11)5-2/h6-7,10,17H,4-5,8H2,1-3H3. The van der Waals surface area contributed by atoms with Gasteiger partial charge in [0.15, 0.2) is 0 Å². The molecule has 2 aromatic heterocycles. The van der Waals surface area contributed by atoms with Crippen LogP contribution >= 0.6 is 43.2 Å². The maximum Gasteiger partial charge on any atom is 0.0738 e. The number of halogens is 2. The van der Waals surface area contributed by atoms with Gasteiger partial charge in [0.25, 0.3) is 0 Å². The van der Waals surface area contributed by atoms with Crippen LogP contribution in [0, 0.1) is 6.92 Å². The van der Waals surface area contributed by atoms with E-state index in [1.54, 1.807) is 11.3 Å². The summed E-state index contributed by atoms with van der Waals surface area (Å²) in [5.74, 6) is 0. The van der Waals surface area contributed by atoms with Gasteiger partial charge in [0, 0.05) is 23.9 Å². The molecule has 0 saturated heterocycles. The molecule has 0 aliphatic carbocycles. The average Bonchev–Trinajstić information content (AvgIpc) is 2.96. The molecule has 2 heterocycles. The highest BCUT2D eigenvalue weighted by Gasteiger charge is 2.19. The first kappa shape index (κ1) is 16.2. The van der Waals surface area contributed by atoms with Crippen molar-refractivity contribution in [1.29, 1.82) is 0 Å². The molecule has 2 rings (SSSR count). The Morgan fingerprint density at radius 2 is 2.10 bits per heavy atom. The van der Waals surface area contributed by atoms with E-state index >= 15 is 0 Å². The topological polar surface area (TPSA) is 29.9 Å². The summed E-state index contributed by atoms with van der Waals surface area (Å²) in [6.07, 6.45) is 0.941. The van der Waals surface area contributed by atoms with Crippen molar-refractivity contribution in [2.24, 2.45) is 0 Å². The highest BCUT2D eigenvalue weighted by atomic mass is 79.9. The number of hydrogen-bond acceptors (Lipinski definition) is 3. The normalized spacial score (nSPS) is 12.8. The van der Waals surface area contributed by atoms with E-state index in [1.807, 2.05) is 6.92 Å². The number of aryl methyl sites for hydroxylation is 2. The van der Waals surface area contributed by atoms with Gasteiger partial charge in [-0.15, -0.1) is 11.3 Å². The quantitative estimate of drug-likeness (QED) is 0.734. The highest BCUT2D eigenvalue weighted by Crippen LogP contribution is 2.31. The third kappa shape index (κ3) is 3.53. The van der Waals surface area contributed by atoms with Gasteiger partial charge in [0.1, 0.15) is 0 Å². The number of thiophene rings is 1. The van der Waals surface area contributed by atoms with E-state index in [2.05, 4.69) is 72.9 Å². The van der Waals surface area contributed by atoms with E-state index in [9.17, 15) is 0 Å². The number of hydrogen-bond donors (Lipinski definition) is 1. The van der Waals surface area contributed by atoms with Gasteiger partial charge >= 0.3 is 0 Å². The van der Waals surface area contributed by atoms with Gasteiger partial charge in [0.05, 0.1) is 19.6 Å². The first-order valence-corrected chi connectivity index (χ1v) is 9.17. The van der Waals surface area contributed by atoms with Crippen molar-refractivity contribution >= 4 is 43.2 Å². The van der Waals surface area contributed by atoms with Crippen molar-refractivity contribution in [2.75, 3.05) is 6.54 Å². The monoisotopic (exact) mass is 419 g/mol. The summed E-state index contributed by atoms with van der Waals surface area (Å²) in [6, 6.07) is 4.63. The summed E-state index contributed by atoms with van der Waals surface area (Å²) < 4.78 is 4.40. The lowest BCUT2D eigenvalue weighted by Gasteiger charge is -2.17. The van der Waals surface area contributed by atoms with Crippen LogP contribution in [0.15, 0.2) is 20.4 Å². The summed E-state index contributed by atoms with van der Waals surface area (Å²) in [6.45, 7) is 8.18. The molecule has 110 valence electrons. The molecule has 3 nitrogen and oxygen atoms in total. The van der Waals surface area contributed by atoms with E-state index in [0.29, 0.717) is 6.04 Å². The second-order valence-corrected chi connectivity index (χ2v) is 7.91. The number of rotatable bonds is 6. The molecule has 1 atom stereocenters. The molecule has 2 aromatic rings. The van der Waals surface area contributed by atoms with Crippen LogP contribution < -0.4 is 5.32 Å². The van der Waals surface area contributed by atoms with E-state index in [-0.39, 0.29) is 0 Å². The predicted octanol–water partition coefficient (Wildman–Crippen LogP) is 4.69. The number of nitrogens with zero attached hydrogens (tertiary/aromatic N) is 2. The van der Waals surface area contributed by atoms with Gasteiger partial charge in [-0.25, -0.2) is 0 Å². The lowest BCUT2D eigenvalue weighted by Crippen LogP contribution is -2.23. The fourth-order valence-corrected chi connectivity index (χ4v) is 4.24. The second-order valence-electron chi connectivity index (χ2n) is 4.62. The number of nitrogens with one attached hydrogen (secondary N) is 1. The molecular weight excluding hydrogens is 402 g/mol. The zero-order valence-corrected chi connectivity index (χ0v) is 15.9. The Labute approximate surface area is 141 Å². The second kappa shape index (κ2) is 7.20. The third-order valence-corrected chi connectivity index (χ3v) is 6.01. The summed E-state index contributed by atoms with van der Waals surface area (Å²) >= 11 is 9.02. The fourth-order valence-electron chi connectivity index (χ4n) is 2.29. The number of aromatic nitrogens is 2. The summed E-state index contributed by atoms with van der Waals surface area (Å²) in [7, 11) is 0.